The van der Waals surface area contributed by atoms with E-state index in [1.54, 1.807) is 0 Å². The molecule has 0 saturated carbocycles. The third-order valence-corrected chi connectivity index (χ3v) is 5.50. The van der Waals surface area contributed by atoms with Crippen LogP contribution in [0.3, 0.4) is 0 Å². The second kappa shape index (κ2) is 8.37. The number of fused-ring (bicyclic) bond motifs is 1. The summed E-state index contributed by atoms with van der Waals surface area (Å²) in [5.41, 5.74) is 2.51. The maximum Gasteiger partial charge on any atom is 0.251 e. The van der Waals surface area contributed by atoms with Gasteiger partial charge < -0.3 is 20.1 Å². The van der Waals surface area contributed by atoms with Gasteiger partial charge in [0.05, 0.1) is 31.4 Å². The molecule has 4 rings (SSSR count). The molecular formula is C20H28N4O3. The van der Waals surface area contributed by atoms with E-state index in [9.17, 15) is 4.79 Å². The third kappa shape index (κ3) is 4.31. The molecule has 0 spiro atoms. The van der Waals surface area contributed by atoms with Crippen LogP contribution in [-0.2, 0) is 16.0 Å². The van der Waals surface area contributed by atoms with Crippen LogP contribution in [0.15, 0.2) is 18.3 Å². The fourth-order valence-electron chi connectivity index (χ4n) is 3.90. The first-order chi connectivity index (χ1) is 13.2. The van der Waals surface area contributed by atoms with Crippen molar-refractivity contribution in [2.75, 3.05) is 39.5 Å². The lowest BCUT2D eigenvalue weighted by Crippen LogP contribution is -2.39. The molecule has 7 nitrogen and oxygen atoms in total. The molecule has 3 heterocycles. The molecule has 2 saturated heterocycles. The van der Waals surface area contributed by atoms with Gasteiger partial charge in [-0.3, -0.25) is 9.48 Å². The predicted molar refractivity (Wildman–Crippen MR) is 103 cm³/mol. The van der Waals surface area contributed by atoms with Crippen LogP contribution in [0.4, 0.5) is 0 Å². The Hall–Kier alpha value is -1.96. The van der Waals surface area contributed by atoms with Gasteiger partial charge in [-0.15, -0.1) is 0 Å². The van der Waals surface area contributed by atoms with Crippen LogP contribution in [0, 0.1) is 12.8 Å². The summed E-state index contributed by atoms with van der Waals surface area (Å²) in [4.78, 5) is 12.6. The molecule has 2 fully saturated rings. The molecule has 2 aliphatic heterocycles. The van der Waals surface area contributed by atoms with E-state index in [-0.39, 0.29) is 12.0 Å². The van der Waals surface area contributed by atoms with E-state index in [0.717, 1.165) is 36.1 Å². The van der Waals surface area contributed by atoms with E-state index in [1.165, 1.54) is 12.8 Å². The molecule has 0 bridgehead atoms. The van der Waals surface area contributed by atoms with E-state index < -0.39 is 0 Å². The molecule has 2 aliphatic rings. The lowest BCUT2D eigenvalue weighted by Gasteiger charge is -2.23. The lowest BCUT2D eigenvalue weighted by molar-refractivity contribution is -0.0855. The van der Waals surface area contributed by atoms with Crippen molar-refractivity contribution in [1.29, 1.82) is 0 Å². The quantitative estimate of drug-likeness (QED) is 0.832. The number of carbonyl (C=O) groups is 1. The van der Waals surface area contributed by atoms with Crippen molar-refractivity contribution in [2.45, 2.75) is 32.4 Å². The van der Waals surface area contributed by atoms with Crippen molar-refractivity contribution in [2.24, 2.45) is 5.92 Å². The van der Waals surface area contributed by atoms with E-state index in [4.69, 9.17) is 14.6 Å². The van der Waals surface area contributed by atoms with Crippen molar-refractivity contribution < 1.29 is 14.3 Å². The minimum absolute atomic E-state index is 0.0732. The Morgan fingerprint density at radius 3 is 2.96 bits per heavy atom. The summed E-state index contributed by atoms with van der Waals surface area (Å²) in [6.45, 7) is 7.28. The average Bonchev–Trinajstić information content (AvgIpc) is 3.11. The molecule has 1 amide bonds. The fraction of sp³-hybridized carbons (Fsp3) is 0.600. The Morgan fingerprint density at radius 2 is 2.19 bits per heavy atom. The van der Waals surface area contributed by atoms with Crippen LogP contribution in [0.1, 0.15) is 28.8 Å². The predicted octanol–water partition coefficient (Wildman–Crippen LogP) is 1.49. The summed E-state index contributed by atoms with van der Waals surface area (Å²) >= 11 is 0. The Labute approximate surface area is 159 Å². The summed E-state index contributed by atoms with van der Waals surface area (Å²) < 4.78 is 13.0. The maximum absolute atomic E-state index is 12.6. The fourth-order valence-corrected chi connectivity index (χ4v) is 3.90. The van der Waals surface area contributed by atoms with Gasteiger partial charge >= 0.3 is 0 Å². The molecule has 1 aromatic heterocycles. The zero-order valence-corrected chi connectivity index (χ0v) is 15.9. The van der Waals surface area contributed by atoms with Crippen LogP contribution in [0.5, 0.6) is 0 Å². The molecule has 0 aliphatic carbocycles. The molecule has 2 N–H and O–H groups in total. The van der Waals surface area contributed by atoms with Gasteiger partial charge in [0.15, 0.2) is 0 Å². The normalized spacial score (nSPS) is 21.4. The highest BCUT2D eigenvalue weighted by Gasteiger charge is 2.19. The van der Waals surface area contributed by atoms with Gasteiger partial charge in [-0.25, -0.2) is 0 Å². The Morgan fingerprint density at radius 1 is 1.33 bits per heavy atom. The number of aryl methyl sites for hydroxylation is 1. The van der Waals surface area contributed by atoms with Gasteiger partial charge in [-0.1, -0.05) is 6.07 Å². The van der Waals surface area contributed by atoms with Gasteiger partial charge in [0, 0.05) is 30.2 Å². The summed E-state index contributed by atoms with van der Waals surface area (Å²) in [7, 11) is 0. The van der Waals surface area contributed by atoms with Gasteiger partial charge in [-0.2, -0.15) is 5.10 Å². The first-order valence-corrected chi connectivity index (χ1v) is 9.86. The van der Waals surface area contributed by atoms with Crippen molar-refractivity contribution >= 4 is 16.8 Å². The zero-order chi connectivity index (χ0) is 18.6. The van der Waals surface area contributed by atoms with Crippen LogP contribution in [-0.4, -0.2) is 61.2 Å². The number of piperidine rings is 1. The van der Waals surface area contributed by atoms with E-state index in [1.807, 2.05) is 23.7 Å². The van der Waals surface area contributed by atoms with Crippen molar-refractivity contribution in [1.82, 2.24) is 20.4 Å². The smallest absolute Gasteiger partial charge is 0.251 e. The van der Waals surface area contributed by atoms with Crippen LogP contribution < -0.4 is 10.6 Å². The largest absolute Gasteiger partial charge is 0.376 e. The Kier molecular flexibility index (Phi) is 5.71. The monoisotopic (exact) mass is 372 g/mol. The molecule has 27 heavy (non-hydrogen) atoms. The van der Waals surface area contributed by atoms with Crippen molar-refractivity contribution in [3.63, 3.8) is 0 Å². The number of benzene rings is 1. The Balaban J connectivity index is 1.45. The molecule has 7 heteroatoms. The number of amides is 1. The van der Waals surface area contributed by atoms with Crippen LogP contribution in [0.2, 0.25) is 0 Å². The van der Waals surface area contributed by atoms with Gasteiger partial charge in [-0.05, 0) is 50.4 Å². The average molecular weight is 372 g/mol. The highest BCUT2D eigenvalue weighted by atomic mass is 16.6. The van der Waals surface area contributed by atoms with Crippen molar-refractivity contribution in [3.8, 4) is 0 Å². The molecular weight excluding hydrogens is 344 g/mol. The number of aromatic nitrogens is 2. The number of nitrogens with one attached hydrogen (secondary N) is 2. The topological polar surface area (TPSA) is 77.4 Å². The third-order valence-electron chi connectivity index (χ3n) is 5.50. The zero-order valence-electron chi connectivity index (χ0n) is 15.9. The van der Waals surface area contributed by atoms with E-state index in [2.05, 4.69) is 16.8 Å². The molecule has 1 aromatic carbocycles. The van der Waals surface area contributed by atoms with Crippen molar-refractivity contribution in [3.05, 3.63) is 29.5 Å². The Bertz CT molecular complexity index is 792. The number of hydrogen-bond acceptors (Lipinski definition) is 5. The number of nitrogens with zero attached hydrogens (tertiary/aromatic N) is 2. The summed E-state index contributed by atoms with van der Waals surface area (Å²) in [5, 5.41) is 12.2. The first-order valence-electron chi connectivity index (χ1n) is 9.86. The van der Waals surface area contributed by atoms with E-state index in [0.29, 0.717) is 37.8 Å². The van der Waals surface area contributed by atoms with Crippen LogP contribution >= 0.6 is 0 Å². The molecule has 2 aromatic rings. The number of rotatable bonds is 5. The minimum atomic E-state index is -0.0866. The number of ether oxygens (including phenoxy) is 2. The highest BCUT2D eigenvalue weighted by Crippen LogP contribution is 2.22. The molecule has 146 valence electrons. The number of carbonyl (C=O) groups excluding carboxylic acids is 1. The van der Waals surface area contributed by atoms with Gasteiger partial charge in [0.1, 0.15) is 0 Å². The summed E-state index contributed by atoms with van der Waals surface area (Å²) in [6, 6.07) is 3.88. The second-order valence-electron chi connectivity index (χ2n) is 7.50. The minimum Gasteiger partial charge on any atom is -0.376 e. The van der Waals surface area contributed by atoms with E-state index >= 15 is 0 Å². The van der Waals surface area contributed by atoms with Crippen LogP contribution in [0.25, 0.3) is 10.9 Å². The van der Waals surface area contributed by atoms with Gasteiger partial charge in [0.2, 0.25) is 0 Å². The summed E-state index contributed by atoms with van der Waals surface area (Å²) in [5.74, 6) is 0.581. The molecule has 1 atom stereocenters. The number of hydrogen-bond donors (Lipinski definition) is 2. The SMILES string of the molecule is Cc1c(C(=O)NCC2COCCO2)ccc2cn(CC3CCNCC3)nc12. The van der Waals surface area contributed by atoms with Gasteiger partial charge in [0.25, 0.3) is 5.91 Å². The highest BCUT2D eigenvalue weighted by molar-refractivity contribution is 6.00. The second-order valence-corrected chi connectivity index (χ2v) is 7.50. The lowest BCUT2D eigenvalue weighted by atomic mass is 9.98. The molecule has 0 radical (unpaired) electrons. The standard InChI is InChI=1S/C20H28N4O3/c1-14-18(20(25)22-10-17-13-26-8-9-27-17)3-2-16-12-24(23-19(14)16)11-15-4-6-21-7-5-15/h2-3,12,15,17,21H,4-11,13H2,1H3,(H,22,25). The first kappa shape index (κ1) is 18.4. The molecule has 1 unspecified atom stereocenters. The maximum atomic E-state index is 12.6. The summed E-state index contributed by atoms with van der Waals surface area (Å²) in [6.07, 6.45) is 4.40.